The number of hydrogen-bond acceptors (Lipinski definition) is 2. The summed E-state index contributed by atoms with van der Waals surface area (Å²) >= 11 is 3.55. The van der Waals surface area contributed by atoms with Crippen molar-refractivity contribution in [2.75, 3.05) is 13.7 Å². The van der Waals surface area contributed by atoms with Crippen LogP contribution in [0.2, 0.25) is 0 Å². The zero-order valence-corrected chi connectivity index (χ0v) is 12.5. The maximum absolute atomic E-state index is 5.22. The Hall–Kier alpha value is -0.800. The average molecular weight is 298 g/mol. The van der Waals surface area contributed by atoms with Gasteiger partial charge >= 0.3 is 0 Å². The summed E-state index contributed by atoms with van der Waals surface area (Å²) in [6.07, 6.45) is 2.17. The molecule has 2 nitrogen and oxygen atoms in total. The highest BCUT2D eigenvalue weighted by atomic mass is 79.9. The molecule has 0 saturated carbocycles. The summed E-state index contributed by atoms with van der Waals surface area (Å²) in [5.41, 5.74) is 2.44. The van der Waals surface area contributed by atoms with Gasteiger partial charge in [-0.15, -0.1) is 0 Å². The van der Waals surface area contributed by atoms with Crippen LogP contribution in [0, 0.1) is 0 Å². The number of nitrogens with one attached hydrogen (secondary N) is 1. The third-order valence-electron chi connectivity index (χ3n) is 2.39. The number of benzene rings is 1. The molecule has 3 heteroatoms. The Kier molecular flexibility index (Phi) is 5.72. The molecule has 0 fully saturated rings. The Bertz CT molecular complexity index is 399. The van der Waals surface area contributed by atoms with Crippen LogP contribution in [-0.2, 0) is 0 Å². The fourth-order valence-electron chi connectivity index (χ4n) is 1.44. The first kappa shape index (κ1) is 14.3. The summed E-state index contributed by atoms with van der Waals surface area (Å²) < 4.78 is 6.31. The summed E-state index contributed by atoms with van der Waals surface area (Å²) in [6.45, 7) is 7.33. The molecular formula is C14H20BrNO. The molecule has 0 spiro atoms. The number of halogens is 1. The van der Waals surface area contributed by atoms with Gasteiger partial charge in [0.05, 0.1) is 7.11 Å². The van der Waals surface area contributed by atoms with Crippen molar-refractivity contribution in [3.05, 3.63) is 33.8 Å². The molecule has 0 atom stereocenters. The van der Waals surface area contributed by atoms with Gasteiger partial charge in [-0.2, -0.15) is 0 Å². The third-order valence-corrected chi connectivity index (χ3v) is 3.12. The summed E-state index contributed by atoms with van der Waals surface area (Å²) in [7, 11) is 1.68. The second-order valence-electron chi connectivity index (χ2n) is 4.41. The molecule has 0 aromatic heterocycles. The summed E-state index contributed by atoms with van der Waals surface area (Å²) in [4.78, 5) is 0. The second-order valence-corrected chi connectivity index (χ2v) is 5.27. The molecular weight excluding hydrogens is 278 g/mol. The smallest absolute Gasteiger partial charge is 0.119 e. The highest BCUT2D eigenvalue weighted by molar-refractivity contribution is 9.10. The highest BCUT2D eigenvalue weighted by Gasteiger charge is 2.01. The molecule has 0 aliphatic carbocycles. The van der Waals surface area contributed by atoms with E-state index in [1.165, 1.54) is 5.57 Å². The van der Waals surface area contributed by atoms with Gasteiger partial charge in [-0.1, -0.05) is 41.4 Å². The quantitative estimate of drug-likeness (QED) is 0.891. The zero-order chi connectivity index (χ0) is 12.8. The number of ether oxygens (including phenoxy) is 1. The third kappa shape index (κ3) is 4.92. The second kappa shape index (κ2) is 6.82. The van der Waals surface area contributed by atoms with Crippen molar-refractivity contribution in [1.29, 1.82) is 0 Å². The molecule has 0 bridgehead atoms. The first-order valence-corrected chi connectivity index (χ1v) is 6.56. The van der Waals surface area contributed by atoms with E-state index < -0.39 is 0 Å². The Balaban J connectivity index is 2.81. The molecule has 0 saturated heterocycles. The molecule has 94 valence electrons. The molecule has 0 amide bonds. The maximum atomic E-state index is 5.22. The van der Waals surface area contributed by atoms with Gasteiger partial charge in [0.15, 0.2) is 0 Å². The molecule has 1 rings (SSSR count). The van der Waals surface area contributed by atoms with E-state index >= 15 is 0 Å². The fourth-order valence-corrected chi connectivity index (χ4v) is 1.80. The van der Waals surface area contributed by atoms with E-state index in [2.05, 4.69) is 48.1 Å². The lowest BCUT2D eigenvalue weighted by molar-refractivity contribution is 0.414. The SMILES string of the molecule is COc1ccc(Br)c(/C=C(/C)CNC(C)C)c1. The summed E-state index contributed by atoms with van der Waals surface area (Å²) in [6, 6.07) is 6.49. The van der Waals surface area contributed by atoms with Gasteiger partial charge < -0.3 is 10.1 Å². The fraction of sp³-hybridized carbons (Fsp3) is 0.429. The topological polar surface area (TPSA) is 21.3 Å². The van der Waals surface area contributed by atoms with E-state index in [-0.39, 0.29) is 0 Å². The van der Waals surface area contributed by atoms with Gasteiger partial charge in [0.25, 0.3) is 0 Å². The van der Waals surface area contributed by atoms with E-state index in [0.29, 0.717) is 6.04 Å². The van der Waals surface area contributed by atoms with Gasteiger partial charge in [-0.05, 0) is 30.7 Å². The van der Waals surface area contributed by atoms with Crippen LogP contribution in [-0.4, -0.2) is 19.7 Å². The summed E-state index contributed by atoms with van der Waals surface area (Å²) in [5, 5.41) is 3.40. The minimum atomic E-state index is 0.507. The lowest BCUT2D eigenvalue weighted by atomic mass is 10.1. The minimum Gasteiger partial charge on any atom is -0.497 e. The molecule has 0 radical (unpaired) electrons. The Labute approximate surface area is 112 Å². The maximum Gasteiger partial charge on any atom is 0.119 e. The van der Waals surface area contributed by atoms with E-state index in [4.69, 9.17) is 4.74 Å². The standard InChI is InChI=1S/C14H20BrNO/c1-10(2)16-9-11(3)7-12-8-13(17-4)5-6-14(12)15/h5-8,10,16H,9H2,1-4H3/b11-7-. The van der Waals surface area contributed by atoms with Crippen molar-refractivity contribution in [3.8, 4) is 5.75 Å². The van der Waals surface area contributed by atoms with Crippen LogP contribution in [0.3, 0.4) is 0 Å². The van der Waals surface area contributed by atoms with E-state index in [9.17, 15) is 0 Å². The zero-order valence-electron chi connectivity index (χ0n) is 10.9. The first-order chi connectivity index (χ1) is 8.02. The highest BCUT2D eigenvalue weighted by Crippen LogP contribution is 2.24. The molecule has 0 aliphatic heterocycles. The van der Waals surface area contributed by atoms with Crippen molar-refractivity contribution >= 4 is 22.0 Å². The minimum absolute atomic E-state index is 0.507. The van der Waals surface area contributed by atoms with Crippen LogP contribution < -0.4 is 10.1 Å². The van der Waals surface area contributed by atoms with Crippen molar-refractivity contribution in [2.24, 2.45) is 0 Å². The van der Waals surface area contributed by atoms with Gasteiger partial charge in [0.1, 0.15) is 5.75 Å². The molecule has 1 aromatic carbocycles. The van der Waals surface area contributed by atoms with Gasteiger partial charge in [-0.3, -0.25) is 0 Å². The predicted octanol–water partition coefficient (Wildman–Crippen LogP) is 3.86. The van der Waals surface area contributed by atoms with Crippen molar-refractivity contribution < 1.29 is 4.74 Å². The average Bonchev–Trinajstić information content (AvgIpc) is 2.29. The van der Waals surface area contributed by atoms with Crippen LogP contribution in [0.15, 0.2) is 28.2 Å². The first-order valence-electron chi connectivity index (χ1n) is 5.77. The lowest BCUT2D eigenvalue weighted by Gasteiger charge is -2.09. The van der Waals surface area contributed by atoms with Crippen LogP contribution >= 0.6 is 15.9 Å². The van der Waals surface area contributed by atoms with E-state index in [1.807, 2.05) is 18.2 Å². The molecule has 0 heterocycles. The monoisotopic (exact) mass is 297 g/mol. The van der Waals surface area contributed by atoms with Crippen molar-refractivity contribution in [3.63, 3.8) is 0 Å². The molecule has 0 aliphatic rings. The molecule has 0 unspecified atom stereocenters. The van der Waals surface area contributed by atoms with Gasteiger partial charge in [0, 0.05) is 17.1 Å². The Morgan fingerprint density at radius 2 is 2.18 bits per heavy atom. The Morgan fingerprint density at radius 3 is 2.76 bits per heavy atom. The largest absolute Gasteiger partial charge is 0.497 e. The lowest BCUT2D eigenvalue weighted by Crippen LogP contribution is -2.24. The van der Waals surface area contributed by atoms with Gasteiger partial charge in [-0.25, -0.2) is 0 Å². The normalized spacial score (nSPS) is 12.0. The van der Waals surface area contributed by atoms with Crippen molar-refractivity contribution in [2.45, 2.75) is 26.8 Å². The predicted molar refractivity (Wildman–Crippen MR) is 77.5 cm³/mol. The van der Waals surface area contributed by atoms with Crippen molar-refractivity contribution in [1.82, 2.24) is 5.32 Å². The van der Waals surface area contributed by atoms with Crippen LogP contribution in [0.5, 0.6) is 5.75 Å². The van der Waals surface area contributed by atoms with Crippen LogP contribution in [0.1, 0.15) is 26.3 Å². The molecule has 1 N–H and O–H groups in total. The van der Waals surface area contributed by atoms with E-state index in [0.717, 1.165) is 22.3 Å². The van der Waals surface area contributed by atoms with E-state index in [1.54, 1.807) is 7.11 Å². The molecule has 17 heavy (non-hydrogen) atoms. The number of rotatable bonds is 5. The molecule has 1 aromatic rings. The van der Waals surface area contributed by atoms with Gasteiger partial charge in [0.2, 0.25) is 0 Å². The van der Waals surface area contributed by atoms with Crippen LogP contribution in [0.4, 0.5) is 0 Å². The Morgan fingerprint density at radius 1 is 1.47 bits per heavy atom. The van der Waals surface area contributed by atoms with Crippen LogP contribution in [0.25, 0.3) is 6.08 Å². The number of hydrogen-bond donors (Lipinski definition) is 1. The number of methoxy groups -OCH3 is 1. The summed E-state index contributed by atoms with van der Waals surface area (Å²) in [5.74, 6) is 0.879.